The third-order valence-corrected chi connectivity index (χ3v) is 8.23. The molecule has 2 aliphatic rings. The fraction of sp³-hybridized carbons (Fsp3) is 0.258. The summed E-state index contributed by atoms with van der Waals surface area (Å²) in [7, 11) is 0. The zero-order chi connectivity index (χ0) is 28.8. The number of halogens is 1. The molecule has 8 nitrogen and oxygen atoms in total. The van der Waals surface area contributed by atoms with Gasteiger partial charge in [0.25, 0.3) is 11.1 Å². The predicted octanol–water partition coefficient (Wildman–Crippen LogP) is 5.81. The Labute approximate surface area is 252 Å². The van der Waals surface area contributed by atoms with Gasteiger partial charge in [-0.1, -0.05) is 52.3 Å². The molecule has 0 aliphatic carbocycles. The molecule has 10 heteroatoms. The van der Waals surface area contributed by atoms with E-state index in [0.717, 1.165) is 32.4 Å². The molecule has 41 heavy (non-hydrogen) atoms. The largest absolute Gasteiger partial charge is 0.490 e. The molecule has 2 fully saturated rings. The van der Waals surface area contributed by atoms with E-state index in [1.54, 1.807) is 23.1 Å². The first-order valence-corrected chi connectivity index (χ1v) is 15.0. The molecule has 2 aliphatic heterocycles. The Hall–Kier alpha value is -3.76. The lowest BCUT2D eigenvalue weighted by molar-refractivity contribution is -0.136. The van der Waals surface area contributed by atoms with E-state index in [9.17, 15) is 14.4 Å². The Morgan fingerprint density at radius 2 is 1.66 bits per heavy atom. The molecule has 212 valence electrons. The van der Waals surface area contributed by atoms with E-state index in [2.05, 4.69) is 20.8 Å². The number of anilines is 1. The molecule has 2 heterocycles. The van der Waals surface area contributed by atoms with Crippen LogP contribution in [-0.2, 0) is 16.2 Å². The lowest BCUT2D eigenvalue weighted by atomic mass is 10.1. The van der Waals surface area contributed by atoms with Crippen molar-refractivity contribution in [1.82, 2.24) is 9.80 Å². The molecule has 0 radical (unpaired) electrons. The smallest absolute Gasteiger partial charge is 0.294 e. The Kier molecular flexibility index (Phi) is 9.31. The fourth-order valence-corrected chi connectivity index (χ4v) is 5.72. The van der Waals surface area contributed by atoms with E-state index < -0.39 is 11.1 Å². The van der Waals surface area contributed by atoms with Crippen molar-refractivity contribution in [2.24, 2.45) is 0 Å². The van der Waals surface area contributed by atoms with Gasteiger partial charge in [0.05, 0.1) is 11.5 Å². The van der Waals surface area contributed by atoms with Crippen LogP contribution in [0.1, 0.15) is 18.1 Å². The minimum absolute atomic E-state index is 0.229. The number of para-hydroxylation sites is 1. The summed E-state index contributed by atoms with van der Waals surface area (Å²) in [6.45, 7) is 4.91. The molecule has 3 aromatic rings. The Morgan fingerprint density at radius 3 is 2.37 bits per heavy atom. The average molecular weight is 637 g/mol. The number of benzene rings is 3. The number of carbonyl (C=O) groups is 3. The van der Waals surface area contributed by atoms with Crippen molar-refractivity contribution in [2.75, 3.05) is 44.2 Å². The van der Waals surface area contributed by atoms with E-state index in [0.29, 0.717) is 56.5 Å². The maximum atomic E-state index is 13.1. The van der Waals surface area contributed by atoms with Crippen LogP contribution < -0.4 is 14.4 Å². The van der Waals surface area contributed by atoms with Gasteiger partial charge < -0.3 is 19.3 Å². The molecule has 0 spiro atoms. The van der Waals surface area contributed by atoms with Crippen LogP contribution in [0.4, 0.5) is 10.5 Å². The van der Waals surface area contributed by atoms with Crippen molar-refractivity contribution < 1.29 is 23.9 Å². The van der Waals surface area contributed by atoms with Gasteiger partial charge in [0.1, 0.15) is 13.2 Å². The van der Waals surface area contributed by atoms with Gasteiger partial charge >= 0.3 is 0 Å². The van der Waals surface area contributed by atoms with Gasteiger partial charge in [-0.25, -0.2) is 0 Å². The lowest BCUT2D eigenvalue weighted by Gasteiger charge is -2.36. The number of thioether (sulfide) groups is 1. The fourth-order valence-electron chi connectivity index (χ4n) is 4.62. The van der Waals surface area contributed by atoms with Crippen LogP contribution in [0.5, 0.6) is 11.5 Å². The summed E-state index contributed by atoms with van der Waals surface area (Å²) >= 11 is 4.27. The van der Waals surface area contributed by atoms with E-state index in [1.165, 1.54) is 0 Å². The Morgan fingerprint density at radius 1 is 0.927 bits per heavy atom. The molecule has 3 amide bonds. The van der Waals surface area contributed by atoms with Crippen LogP contribution in [0, 0.1) is 0 Å². The van der Waals surface area contributed by atoms with Crippen LogP contribution in [0.2, 0.25) is 0 Å². The third kappa shape index (κ3) is 7.12. The van der Waals surface area contributed by atoms with Crippen molar-refractivity contribution in [1.29, 1.82) is 0 Å². The highest BCUT2D eigenvalue weighted by molar-refractivity contribution is 9.10. The van der Waals surface area contributed by atoms with Gasteiger partial charge in [-0.3, -0.25) is 19.3 Å². The van der Waals surface area contributed by atoms with Gasteiger partial charge in [-0.05, 0) is 72.3 Å². The number of hydrogen-bond donors (Lipinski definition) is 0. The monoisotopic (exact) mass is 635 g/mol. The van der Waals surface area contributed by atoms with Crippen LogP contribution >= 0.6 is 27.7 Å². The summed E-state index contributed by atoms with van der Waals surface area (Å²) in [5, 5.41) is -0.447. The quantitative estimate of drug-likeness (QED) is 0.275. The normalized spacial score (nSPS) is 16.4. The van der Waals surface area contributed by atoms with Crippen molar-refractivity contribution in [3.05, 3.63) is 93.3 Å². The summed E-state index contributed by atoms with van der Waals surface area (Å²) in [5.41, 5.74) is 2.83. The molecule has 3 aromatic carbocycles. The summed E-state index contributed by atoms with van der Waals surface area (Å²) in [5.74, 6) is 0.428. The first-order chi connectivity index (χ1) is 19.9. The third-order valence-electron chi connectivity index (χ3n) is 6.79. The second-order valence-electron chi connectivity index (χ2n) is 9.53. The number of imide groups is 1. The van der Waals surface area contributed by atoms with Gasteiger partial charge in [-0.15, -0.1) is 0 Å². The van der Waals surface area contributed by atoms with Gasteiger partial charge in [0.15, 0.2) is 11.5 Å². The number of ether oxygens (including phenoxy) is 2. The van der Waals surface area contributed by atoms with E-state index >= 15 is 0 Å². The Balaban J connectivity index is 1.21. The van der Waals surface area contributed by atoms with Crippen molar-refractivity contribution in [2.45, 2.75) is 13.5 Å². The summed E-state index contributed by atoms with van der Waals surface area (Å²) < 4.78 is 12.8. The molecule has 2 saturated heterocycles. The second-order valence-corrected chi connectivity index (χ2v) is 11.4. The standard InChI is InChI=1S/C31H30BrN3O5S/c1-2-39-27-18-23(10-13-26(27)40-21-22-8-11-24(32)12-9-22)19-28-30(37)35(31(38)41-28)20-29(36)34-16-14-33(15-17-34)25-6-4-3-5-7-25/h3-13,18-19H,2,14-17,20-21H2,1H3/b28-19+. The summed E-state index contributed by atoms with van der Waals surface area (Å²) in [6, 6.07) is 23.3. The summed E-state index contributed by atoms with van der Waals surface area (Å²) in [4.78, 5) is 44.0. The molecule has 0 aromatic heterocycles. The second kappa shape index (κ2) is 13.3. The molecule has 0 saturated carbocycles. The molecular weight excluding hydrogens is 606 g/mol. The highest BCUT2D eigenvalue weighted by Crippen LogP contribution is 2.35. The lowest BCUT2D eigenvalue weighted by Crippen LogP contribution is -2.51. The van der Waals surface area contributed by atoms with Gasteiger partial charge in [0.2, 0.25) is 5.91 Å². The number of piperazine rings is 1. The maximum absolute atomic E-state index is 13.1. The van der Waals surface area contributed by atoms with Crippen LogP contribution in [0.25, 0.3) is 6.08 Å². The SMILES string of the molecule is CCOc1cc(/C=C2/SC(=O)N(CC(=O)N3CCN(c4ccccc4)CC3)C2=O)ccc1OCc1ccc(Br)cc1. The molecule has 5 rings (SSSR count). The van der Waals surface area contributed by atoms with E-state index in [1.807, 2.05) is 67.6 Å². The highest BCUT2D eigenvalue weighted by atomic mass is 79.9. The average Bonchev–Trinajstić information content (AvgIpc) is 3.25. The molecule has 0 atom stereocenters. The zero-order valence-electron chi connectivity index (χ0n) is 22.6. The number of nitrogens with zero attached hydrogens (tertiary/aromatic N) is 3. The molecular formula is C31H30BrN3O5S. The van der Waals surface area contributed by atoms with Crippen molar-refractivity contribution in [3.8, 4) is 11.5 Å². The molecule has 0 N–H and O–H groups in total. The topological polar surface area (TPSA) is 79.4 Å². The number of hydrogen-bond acceptors (Lipinski definition) is 7. The summed E-state index contributed by atoms with van der Waals surface area (Å²) in [6.07, 6.45) is 1.65. The Bertz CT molecular complexity index is 1440. The number of carbonyl (C=O) groups excluding carboxylic acids is 3. The first-order valence-electron chi connectivity index (χ1n) is 13.4. The number of amides is 3. The predicted molar refractivity (Wildman–Crippen MR) is 164 cm³/mol. The van der Waals surface area contributed by atoms with E-state index in [4.69, 9.17) is 9.47 Å². The van der Waals surface area contributed by atoms with Crippen molar-refractivity contribution in [3.63, 3.8) is 0 Å². The van der Waals surface area contributed by atoms with E-state index in [-0.39, 0.29) is 17.4 Å². The first kappa shape index (κ1) is 28.8. The van der Waals surface area contributed by atoms with Gasteiger partial charge in [0, 0.05) is 36.3 Å². The van der Waals surface area contributed by atoms with Crippen molar-refractivity contribution >= 4 is 56.5 Å². The maximum Gasteiger partial charge on any atom is 0.294 e. The van der Waals surface area contributed by atoms with Crippen LogP contribution in [0.3, 0.4) is 0 Å². The van der Waals surface area contributed by atoms with Crippen LogP contribution in [-0.4, -0.2) is 66.2 Å². The van der Waals surface area contributed by atoms with Crippen LogP contribution in [0.15, 0.2) is 82.2 Å². The van der Waals surface area contributed by atoms with Gasteiger partial charge in [-0.2, -0.15) is 0 Å². The number of rotatable bonds is 9. The minimum Gasteiger partial charge on any atom is -0.490 e. The molecule has 0 unspecified atom stereocenters. The zero-order valence-corrected chi connectivity index (χ0v) is 25.0. The molecule has 0 bridgehead atoms. The minimum atomic E-state index is -0.468. The highest BCUT2D eigenvalue weighted by Gasteiger charge is 2.37.